The summed E-state index contributed by atoms with van der Waals surface area (Å²) in [4.78, 5) is 11.2. The van der Waals surface area contributed by atoms with Gasteiger partial charge in [-0.2, -0.15) is 0 Å². The summed E-state index contributed by atoms with van der Waals surface area (Å²) in [7, 11) is 0. The van der Waals surface area contributed by atoms with E-state index in [1.54, 1.807) is 13.0 Å². The van der Waals surface area contributed by atoms with Gasteiger partial charge in [-0.1, -0.05) is 26.0 Å². The van der Waals surface area contributed by atoms with E-state index in [4.69, 9.17) is 0 Å². The minimum atomic E-state index is 0.0492. The molecule has 0 heterocycles. The fourth-order valence-electron chi connectivity index (χ4n) is 1.05. The van der Waals surface area contributed by atoms with Gasteiger partial charge in [0.05, 0.1) is 0 Å². The van der Waals surface area contributed by atoms with Gasteiger partial charge in [-0.15, -0.1) is 0 Å². The van der Waals surface area contributed by atoms with Gasteiger partial charge in [0, 0.05) is 0 Å². The zero-order chi connectivity index (χ0) is 9.72. The van der Waals surface area contributed by atoms with E-state index in [9.17, 15) is 4.79 Å². The van der Waals surface area contributed by atoms with E-state index >= 15 is 0 Å². The van der Waals surface area contributed by atoms with E-state index in [2.05, 4.69) is 20.4 Å². The summed E-state index contributed by atoms with van der Waals surface area (Å²) in [5, 5.41) is 0. The van der Waals surface area contributed by atoms with Crippen LogP contribution in [-0.4, -0.2) is 5.78 Å². The molecule has 0 aromatic carbocycles. The number of hydrogen-bond acceptors (Lipinski definition) is 1. The molecule has 0 aromatic rings. The van der Waals surface area contributed by atoms with E-state index in [1.165, 1.54) is 0 Å². The van der Waals surface area contributed by atoms with Gasteiger partial charge in [0.2, 0.25) is 0 Å². The molecule has 0 aliphatic heterocycles. The lowest BCUT2D eigenvalue weighted by molar-refractivity contribution is -0.111. The van der Waals surface area contributed by atoms with Gasteiger partial charge in [0.15, 0.2) is 5.78 Å². The average Bonchev–Trinajstić information content (AvgIpc) is 1.84. The van der Waals surface area contributed by atoms with Gasteiger partial charge in [0.1, 0.15) is 0 Å². The second kappa shape index (κ2) is 4.91. The smallest absolute Gasteiger partial charge is 0.180 e. The maximum absolute atomic E-state index is 11.2. The van der Waals surface area contributed by atoms with Crippen LogP contribution in [0.5, 0.6) is 0 Å². The number of carbonyl (C=O) groups is 1. The lowest BCUT2D eigenvalue weighted by atomic mass is 10.0. The molecule has 0 N–H and O–H groups in total. The zero-order valence-electron chi connectivity index (χ0n) is 8.48. The van der Waals surface area contributed by atoms with Crippen molar-refractivity contribution in [3.05, 3.63) is 23.8 Å². The molecule has 0 radical (unpaired) electrons. The Bertz CT molecular complexity index is 209. The molecular formula is C11H18O. The zero-order valence-corrected chi connectivity index (χ0v) is 8.48. The van der Waals surface area contributed by atoms with Crippen molar-refractivity contribution in [2.75, 3.05) is 0 Å². The fraction of sp³-hybridized carbons (Fsp3) is 0.545. The Morgan fingerprint density at radius 1 is 1.42 bits per heavy atom. The van der Waals surface area contributed by atoms with Crippen molar-refractivity contribution >= 4 is 5.78 Å². The highest BCUT2D eigenvalue weighted by Crippen LogP contribution is 2.10. The summed E-state index contributed by atoms with van der Waals surface area (Å²) in [5.74, 6) is 0.660. The number of rotatable bonds is 4. The third-order valence-corrected chi connectivity index (χ3v) is 1.53. The lowest BCUT2D eigenvalue weighted by Gasteiger charge is -2.03. The maximum atomic E-state index is 11.2. The highest BCUT2D eigenvalue weighted by atomic mass is 16.1. The number of hydrogen-bond donors (Lipinski definition) is 0. The minimum Gasteiger partial charge on any atom is -0.290 e. The first-order valence-corrected chi connectivity index (χ1v) is 4.30. The third kappa shape index (κ3) is 4.89. The van der Waals surface area contributed by atoms with Gasteiger partial charge in [-0.05, 0) is 37.8 Å². The molecule has 68 valence electrons. The summed E-state index contributed by atoms with van der Waals surface area (Å²) in [6, 6.07) is 0. The van der Waals surface area contributed by atoms with Crippen LogP contribution >= 0.6 is 0 Å². The van der Waals surface area contributed by atoms with Crippen LogP contribution in [0, 0.1) is 5.92 Å². The highest BCUT2D eigenvalue weighted by Gasteiger charge is 2.00. The number of carbonyl (C=O) groups excluding carboxylic acids is 1. The monoisotopic (exact) mass is 166 g/mol. The Balaban J connectivity index is 4.16. The van der Waals surface area contributed by atoms with Crippen LogP contribution in [0.25, 0.3) is 0 Å². The Morgan fingerprint density at radius 3 is 2.25 bits per heavy atom. The molecule has 0 fully saturated rings. The molecule has 12 heavy (non-hydrogen) atoms. The molecule has 0 spiro atoms. The van der Waals surface area contributed by atoms with Gasteiger partial charge in [-0.25, -0.2) is 0 Å². The molecule has 0 rings (SSSR count). The van der Waals surface area contributed by atoms with Crippen LogP contribution in [0.3, 0.4) is 0 Å². The summed E-state index contributed by atoms with van der Waals surface area (Å²) < 4.78 is 0. The van der Waals surface area contributed by atoms with Gasteiger partial charge < -0.3 is 0 Å². The van der Waals surface area contributed by atoms with Crippen LogP contribution in [0.1, 0.15) is 34.1 Å². The van der Waals surface area contributed by atoms with Crippen molar-refractivity contribution < 1.29 is 4.79 Å². The topological polar surface area (TPSA) is 17.1 Å². The first-order valence-electron chi connectivity index (χ1n) is 4.30. The van der Waals surface area contributed by atoms with Gasteiger partial charge >= 0.3 is 0 Å². The van der Waals surface area contributed by atoms with Gasteiger partial charge in [0.25, 0.3) is 0 Å². The van der Waals surface area contributed by atoms with E-state index in [1.807, 2.05) is 6.92 Å². The number of ketones is 1. The molecule has 0 aromatic heterocycles. The molecule has 0 atom stereocenters. The Morgan fingerprint density at radius 2 is 1.92 bits per heavy atom. The van der Waals surface area contributed by atoms with E-state index < -0.39 is 0 Å². The largest absolute Gasteiger partial charge is 0.290 e. The average molecular weight is 166 g/mol. The van der Waals surface area contributed by atoms with Crippen LogP contribution in [0.15, 0.2) is 23.8 Å². The fourth-order valence-corrected chi connectivity index (χ4v) is 1.05. The van der Waals surface area contributed by atoms with E-state index in [0.29, 0.717) is 11.5 Å². The molecular weight excluding hydrogens is 148 g/mol. The Labute approximate surface area is 75.2 Å². The van der Waals surface area contributed by atoms with Crippen molar-refractivity contribution in [1.82, 2.24) is 0 Å². The summed E-state index contributed by atoms with van der Waals surface area (Å²) in [6.07, 6.45) is 2.67. The standard InChI is InChI=1S/C11H18O/c1-8(2)6-10(5)7-11(12)9(3)4/h7-8H,3,6H2,1-2,4-5H3/b10-7+. The first kappa shape index (κ1) is 11.2. The molecule has 0 saturated heterocycles. The SMILES string of the molecule is C=C(C)C(=O)/C=C(\C)CC(C)C. The molecule has 1 nitrogen and oxygen atoms in total. The second-order valence-electron chi connectivity index (χ2n) is 3.73. The van der Waals surface area contributed by atoms with Crippen molar-refractivity contribution in [3.8, 4) is 0 Å². The van der Waals surface area contributed by atoms with Crippen LogP contribution in [0.2, 0.25) is 0 Å². The summed E-state index contributed by atoms with van der Waals surface area (Å²) in [5.41, 5.74) is 1.75. The normalized spacial score (nSPS) is 11.9. The molecule has 1 heteroatoms. The van der Waals surface area contributed by atoms with E-state index in [0.717, 1.165) is 12.0 Å². The quantitative estimate of drug-likeness (QED) is 0.586. The van der Waals surface area contributed by atoms with Crippen molar-refractivity contribution in [2.24, 2.45) is 5.92 Å². The Hall–Kier alpha value is -0.850. The van der Waals surface area contributed by atoms with Gasteiger partial charge in [-0.3, -0.25) is 4.79 Å². The summed E-state index contributed by atoms with van der Waals surface area (Å²) >= 11 is 0. The van der Waals surface area contributed by atoms with Crippen LogP contribution < -0.4 is 0 Å². The van der Waals surface area contributed by atoms with Crippen molar-refractivity contribution in [2.45, 2.75) is 34.1 Å². The number of allylic oxidation sites excluding steroid dienone is 3. The molecule has 0 unspecified atom stereocenters. The molecule has 0 amide bonds. The first-order chi connectivity index (χ1) is 5.43. The maximum Gasteiger partial charge on any atom is 0.180 e. The summed E-state index contributed by atoms with van der Waals surface area (Å²) in [6.45, 7) is 11.6. The molecule has 0 aliphatic rings. The van der Waals surface area contributed by atoms with Crippen molar-refractivity contribution in [1.29, 1.82) is 0 Å². The van der Waals surface area contributed by atoms with E-state index in [-0.39, 0.29) is 5.78 Å². The van der Waals surface area contributed by atoms with Crippen LogP contribution in [0.4, 0.5) is 0 Å². The molecule has 0 saturated carbocycles. The lowest BCUT2D eigenvalue weighted by Crippen LogP contribution is -1.96. The predicted molar refractivity (Wildman–Crippen MR) is 53.0 cm³/mol. The van der Waals surface area contributed by atoms with Crippen LogP contribution in [-0.2, 0) is 4.79 Å². The second-order valence-corrected chi connectivity index (χ2v) is 3.73. The molecule has 0 bridgehead atoms. The predicted octanol–water partition coefficient (Wildman–Crippen LogP) is 3.12. The van der Waals surface area contributed by atoms with Crippen molar-refractivity contribution in [3.63, 3.8) is 0 Å². The minimum absolute atomic E-state index is 0.0492. The highest BCUT2D eigenvalue weighted by molar-refractivity contribution is 6.03. The Kier molecular flexibility index (Phi) is 4.57. The third-order valence-electron chi connectivity index (χ3n) is 1.53. The molecule has 0 aliphatic carbocycles.